The van der Waals surface area contributed by atoms with Crippen molar-refractivity contribution in [2.75, 3.05) is 24.6 Å². The van der Waals surface area contributed by atoms with Gasteiger partial charge in [0.05, 0.1) is 6.61 Å². The van der Waals surface area contributed by atoms with E-state index in [9.17, 15) is 5.11 Å². The summed E-state index contributed by atoms with van der Waals surface area (Å²) in [6, 6.07) is 9.62. The maximum absolute atomic E-state index is 9.47. The lowest BCUT2D eigenvalue weighted by molar-refractivity contribution is 0.297. The largest absolute Gasteiger partial charge is 0.395 e. The summed E-state index contributed by atoms with van der Waals surface area (Å²) in [7, 11) is 0. The summed E-state index contributed by atoms with van der Waals surface area (Å²) >= 11 is 0. The smallest absolute Gasteiger partial charge is 0.0606 e. The first-order valence-corrected chi connectivity index (χ1v) is 8.47. The number of aliphatic hydroxyl groups excluding tert-OH is 1. The van der Waals surface area contributed by atoms with Crippen LogP contribution < -0.4 is 10.2 Å². The van der Waals surface area contributed by atoms with E-state index in [0.29, 0.717) is 12.1 Å². The second kappa shape index (κ2) is 8.40. The minimum atomic E-state index is 0.224. The third-order valence-corrected chi connectivity index (χ3v) is 4.52. The van der Waals surface area contributed by atoms with Gasteiger partial charge in [0.2, 0.25) is 0 Å². The van der Waals surface area contributed by atoms with Gasteiger partial charge in [0.25, 0.3) is 0 Å². The molecule has 1 saturated carbocycles. The van der Waals surface area contributed by atoms with Crippen LogP contribution in [-0.4, -0.2) is 30.8 Å². The number of benzene rings is 1. The van der Waals surface area contributed by atoms with E-state index in [4.69, 9.17) is 0 Å². The molecule has 0 saturated heterocycles. The van der Waals surface area contributed by atoms with Crippen LogP contribution in [0.1, 0.15) is 57.6 Å². The van der Waals surface area contributed by atoms with Crippen LogP contribution in [-0.2, 0) is 0 Å². The first-order valence-electron chi connectivity index (χ1n) is 8.47. The molecule has 0 amide bonds. The number of anilines is 1. The Morgan fingerprint density at radius 2 is 2.00 bits per heavy atom. The lowest BCUT2D eigenvalue weighted by Crippen LogP contribution is -2.37. The summed E-state index contributed by atoms with van der Waals surface area (Å²) in [5.41, 5.74) is 2.65. The van der Waals surface area contributed by atoms with Gasteiger partial charge in [-0.15, -0.1) is 0 Å². The zero-order valence-electron chi connectivity index (χ0n) is 13.5. The Balaban J connectivity index is 2.22. The molecule has 0 spiro atoms. The molecule has 21 heavy (non-hydrogen) atoms. The fourth-order valence-corrected chi connectivity index (χ4v) is 3.41. The fraction of sp³-hybridized carbons (Fsp3) is 0.667. The summed E-state index contributed by atoms with van der Waals surface area (Å²) in [6.07, 6.45) is 6.29. The molecule has 1 fully saturated rings. The minimum Gasteiger partial charge on any atom is -0.395 e. The van der Waals surface area contributed by atoms with Gasteiger partial charge in [-0.3, -0.25) is 0 Å². The van der Waals surface area contributed by atoms with Crippen molar-refractivity contribution in [1.29, 1.82) is 0 Å². The van der Waals surface area contributed by atoms with Crippen LogP contribution in [0, 0.1) is 0 Å². The van der Waals surface area contributed by atoms with Gasteiger partial charge >= 0.3 is 0 Å². The summed E-state index contributed by atoms with van der Waals surface area (Å²) < 4.78 is 0. The highest BCUT2D eigenvalue weighted by molar-refractivity contribution is 5.56. The Hall–Kier alpha value is -1.06. The van der Waals surface area contributed by atoms with Crippen molar-refractivity contribution in [2.24, 2.45) is 0 Å². The van der Waals surface area contributed by atoms with E-state index in [1.54, 1.807) is 0 Å². The van der Waals surface area contributed by atoms with Crippen molar-refractivity contribution in [1.82, 2.24) is 5.32 Å². The van der Waals surface area contributed by atoms with E-state index in [0.717, 1.165) is 19.5 Å². The molecule has 3 heteroatoms. The van der Waals surface area contributed by atoms with E-state index in [2.05, 4.69) is 48.3 Å². The maximum atomic E-state index is 9.47. The monoisotopic (exact) mass is 290 g/mol. The molecule has 0 bridgehead atoms. The zero-order valence-corrected chi connectivity index (χ0v) is 13.5. The molecular weight excluding hydrogens is 260 g/mol. The van der Waals surface area contributed by atoms with Gasteiger partial charge in [-0.2, -0.15) is 0 Å². The van der Waals surface area contributed by atoms with Crippen molar-refractivity contribution in [3.05, 3.63) is 29.8 Å². The molecule has 0 radical (unpaired) electrons. The molecule has 0 aromatic heterocycles. The van der Waals surface area contributed by atoms with Crippen LogP contribution in [0.25, 0.3) is 0 Å². The van der Waals surface area contributed by atoms with Gasteiger partial charge < -0.3 is 15.3 Å². The normalized spacial score (nSPS) is 17.1. The van der Waals surface area contributed by atoms with Gasteiger partial charge in [-0.05, 0) is 44.4 Å². The van der Waals surface area contributed by atoms with Crippen LogP contribution >= 0.6 is 0 Å². The quantitative estimate of drug-likeness (QED) is 0.769. The van der Waals surface area contributed by atoms with Crippen molar-refractivity contribution >= 4 is 5.69 Å². The molecule has 0 aliphatic heterocycles. The topological polar surface area (TPSA) is 35.5 Å². The lowest BCUT2D eigenvalue weighted by atomic mass is 10.0. The number of aliphatic hydroxyl groups is 1. The molecule has 3 nitrogen and oxygen atoms in total. The molecule has 118 valence electrons. The van der Waals surface area contributed by atoms with Crippen molar-refractivity contribution in [2.45, 2.75) is 58.0 Å². The number of nitrogens with zero attached hydrogens (tertiary/aromatic N) is 1. The zero-order chi connectivity index (χ0) is 15.1. The fourth-order valence-electron chi connectivity index (χ4n) is 3.41. The van der Waals surface area contributed by atoms with Gasteiger partial charge in [0.1, 0.15) is 0 Å². The van der Waals surface area contributed by atoms with Crippen LogP contribution in [0.3, 0.4) is 0 Å². The van der Waals surface area contributed by atoms with E-state index in [1.807, 2.05) is 0 Å². The average Bonchev–Trinajstić information content (AvgIpc) is 3.04. The summed E-state index contributed by atoms with van der Waals surface area (Å²) in [4.78, 5) is 2.44. The first kappa shape index (κ1) is 16.3. The molecule has 1 aliphatic carbocycles. The Morgan fingerprint density at radius 3 is 2.67 bits per heavy atom. The molecule has 0 heterocycles. The minimum absolute atomic E-state index is 0.224. The molecular formula is C18H30N2O. The highest BCUT2D eigenvalue weighted by Crippen LogP contribution is 2.32. The van der Waals surface area contributed by atoms with Crippen molar-refractivity contribution in [3.63, 3.8) is 0 Å². The molecule has 1 aliphatic rings. The lowest BCUT2D eigenvalue weighted by Gasteiger charge is -2.33. The van der Waals surface area contributed by atoms with Crippen LogP contribution in [0.5, 0.6) is 0 Å². The van der Waals surface area contributed by atoms with E-state index >= 15 is 0 Å². The number of nitrogens with one attached hydrogen (secondary N) is 1. The van der Waals surface area contributed by atoms with Crippen LogP contribution in [0.4, 0.5) is 5.69 Å². The van der Waals surface area contributed by atoms with E-state index < -0.39 is 0 Å². The highest BCUT2D eigenvalue weighted by Gasteiger charge is 2.24. The predicted molar refractivity (Wildman–Crippen MR) is 89.8 cm³/mol. The SMILES string of the molecule is CCCNC(C)c1ccccc1N(CCO)C1CCCC1. The molecule has 1 aromatic rings. The summed E-state index contributed by atoms with van der Waals surface area (Å²) in [5.74, 6) is 0. The molecule has 1 aromatic carbocycles. The standard InChI is InChI=1S/C18H30N2O/c1-3-12-19-15(2)17-10-6-7-11-18(17)20(13-14-21)16-8-4-5-9-16/h6-7,10-11,15-16,19,21H,3-5,8-9,12-14H2,1-2H3. The average molecular weight is 290 g/mol. The van der Waals surface area contributed by atoms with Crippen LogP contribution in [0.15, 0.2) is 24.3 Å². The first-order chi connectivity index (χ1) is 10.3. The molecule has 1 unspecified atom stereocenters. The second-order valence-electron chi connectivity index (χ2n) is 6.09. The number of para-hydroxylation sites is 1. The van der Waals surface area contributed by atoms with Crippen molar-refractivity contribution < 1.29 is 5.11 Å². The molecule has 2 rings (SSSR count). The second-order valence-corrected chi connectivity index (χ2v) is 6.09. The van der Waals surface area contributed by atoms with Gasteiger partial charge in [-0.1, -0.05) is 38.0 Å². The predicted octanol–water partition coefficient (Wildman–Crippen LogP) is 3.49. The third-order valence-electron chi connectivity index (χ3n) is 4.52. The van der Waals surface area contributed by atoms with Gasteiger partial charge in [0.15, 0.2) is 0 Å². The number of hydrogen-bond acceptors (Lipinski definition) is 3. The highest BCUT2D eigenvalue weighted by atomic mass is 16.3. The van der Waals surface area contributed by atoms with Gasteiger partial charge in [-0.25, -0.2) is 0 Å². The van der Waals surface area contributed by atoms with Crippen molar-refractivity contribution in [3.8, 4) is 0 Å². The Bertz CT molecular complexity index is 415. The van der Waals surface area contributed by atoms with Gasteiger partial charge in [0, 0.05) is 24.3 Å². The molecule has 1 atom stereocenters. The summed E-state index contributed by atoms with van der Waals surface area (Å²) in [6.45, 7) is 6.44. The Labute approximate surface area is 129 Å². The molecule has 2 N–H and O–H groups in total. The number of hydrogen-bond donors (Lipinski definition) is 2. The van der Waals surface area contributed by atoms with E-state index in [1.165, 1.54) is 36.9 Å². The third kappa shape index (κ3) is 4.21. The van der Waals surface area contributed by atoms with E-state index in [-0.39, 0.29) is 6.61 Å². The van der Waals surface area contributed by atoms with Crippen LogP contribution in [0.2, 0.25) is 0 Å². The maximum Gasteiger partial charge on any atom is 0.0606 e. The number of rotatable bonds is 8. The summed E-state index contributed by atoms with van der Waals surface area (Å²) in [5, 5.41) is 13.1. The Morgan fingerprint density at radius 1 is 1.29 bits per heavy atom. The Kier molecular flexibility index (Phi) is 6.52.